The Balaban J connectivity index is 1.72. The molecule has 2 aliphatic rings. The first kappa shape index (κ1) is 14.9. The van der Waals surface area contributed by atoms with E-state index < -0.39 is 0 Å². The molecule has 1 aliphatic heterocycles. The van der Waals surface area contributed by atoms with Gasteiger partial charge in [0.05, 0.1) is 0 Å². The lowest BCUT2D eigenvalue weighted by Crippen LogP contribution is -2.39. The number of fused-ring (bicyclic) bond motifs is 1. The number of anilines is 1. The lowest BCUT2D eigenvalue weighted by Gasteiger charge is -2.32. The van der Waals surface area contributed by atoms with Gasteiger partial charge in [0.1, 0.15) is 0 Å². The van der Waals surface area contributed by atoms with E-state index in [4.69, 9.17) is 5.73 Å². The van der Waals surface area contributed by atoms with Crippen LogP contribution in [0.15, 0.2) is 18.2 Å². The molecule has 1 aromatic rings. The van der Waals surface area contributed by atoms with Crippen LogP contribution in [0, 0.1) is 5.92 Å². The van der Waals surface area contributed by atoms with Crippen LogP contribution in [0.3, 0.4) is 0 Å². The van der Waals surface area contributed by atoms with Gasteiger partial charge < -0.3 is 10.6 Å². The summed E-state index contributed by atoms with van der Waals surface area (Å²) in [7, 11) is 2.19. The first-order chi connectivity index (χ1) is 10.2. The average Bonchev–Trinajstić information content (AvgIpc) is 3.11. The highest BCUT2D eigenvalue weighted by atomic mass is 15.2. The fourth-order valence-corrected chi connectivity index (χ4v) is 4.19. The smallest absolute Gasteiger partial charge is 0.0397 e. The van der Waals surface area contributed by atoms with Gasteiger partial charge in [0, 0.05) is 31.9 Å². The van der Waals surface area contributed by atoms with Crippen LogP contribution >= 0.6 is 0 Å². The number of likely N-dealkylation sites (N-methyl/N-ethyl adjacent to an activating group) is 1. The van der Waals surface area contributed by atoms with E-state index in [-0.39, 0.29) is 0 Å². The van der Waals surface area contributed by atoms with Gasteiger partial charge >= 0.3 is 0 Å². The lowest BCUT2D eigenvalue weighted by molar-refractivity contribution is 0.162. The van der Waals surface area contributed by atoms with Gasteiger partial charge in [0.25, 0.3) is 0 Å². The van der Waals surface area contributed by atoms with E-state index in [1.54, 1.807) is 0 Å². The third-order valence-corrected chi connectivity index (χ3v) is 5.45. The molecular weight excluding hydrogens is 258 g/mol. The third kappa shape index (κ3) is 2.95. The SMILES string of the molecule is CCN(Cc1ccc2c(c1)CCN2C)C1CCCC1CN. The summed E-state index contributed by atoms with van der Waals surface area (Å²) in [5.41, 5.74) is 10.4. The predicted octanol–water partition coefficient (Wildman–Crippen LogP) is 2.63. The highest BCUT2D eigenvalue weighted by Crippen LogP contribution is 2.32. The summed E-state index contributed by atoms with van der Waals surface area (Å²) in [5, 5.41) is 0. The van der Waals surface area contributed by atoms with Crippen LogP contribution in [0.5, 0.6) is 0 Å². The minimum atomic E-state index is 0.691. The molecule has 3 heteroatoms. The second-order valence-corrected chi connectivity index (χ2v) is 6.69. The van der Waals surface area contributed by atoms with Crippen molar-refractivity contribution in [2.45, 2.75) is 45.2 Å². The van der Waals surface area contributed by atoms with E-state index >= 15 is 0 Å². The molecule has 2 atom stereocenters. The predicted molar refractivity (Wildman–Crippen MR) is 89.7 cm³/mol. The normalized spacial score (nSPS) is 24.9. The Morgan fingerprint density at radius 3 is 2.95 bits per heavy atom. The van der Waals surface area contributed by atoms with E-state index in [0.29, 0.717) is 12.0 Å². The fraction of sp³-hybridized carbons (Fsp3) is 0.667. The highest BCUT2D eigenvalue weighted by molar-refractivity contribution is 5.58. The van der Waals surface area contributed by atoms with Crippen LogP contribution in [0.2, 0.25) is 0 Å². The van der Waals surface area contributed by atoms with Gasteiger partial charge in [0.15, 0.2) is 0 Å². The minimum Gasteiger partial charge on any atom is -0.374 e. The van der Waals surface area contributed by atoms with E-state index in [1.165, 1.54) is 42.5 Å². The first-order valence-electron chi connectivity index (χ1n) is 8.50. The fourth-order valence-electron chi connectivity index (χ4n) is 4.19. The molecule has 0 saturated heterocycles. The van der Waals surface area contributed by atoms with Gasteiger partial charge in [-0.05, 0) is 55.5 Å². The number of nitrogens with two attached hydrogens (primary N) is 1. The molecule has 1 fully saturated rings. The van der Waals surface area contributed by atoms with Gasteiger partial charge in [-0.2, -0.15) is 0 Å². The standard InChI is InChI=1S/C18H29N3/c1-3-21(18-6-4-5-16(18)12-19)13-14-7-8-17-15(11-14)9-10-20(17)2/h7-8,11,16,18H,3-6,9-10,12-13,19H2,1-2H3. The molecule has 1 aromatic carbocycles. The second kappa shape index (κ2) is 6.37. The molecule has 0 radical (unpaired) electrons. The molecule has 2 N–H and O–H groups in total. The largest absolute Gasteiger partial charge is 0.374 e. The van der Waals surface area contributed by atoms with Crippen molar-refractivity contribution in [2.24, 2.45) is 11.7 Å². The Morgan fingerprint density at radius 2 is 2.19 bits per heavy atom. The summed E-state index contributed by atoms with van der Waals surface area (Å²) in [5.74, 6) is 0.700. The van der Waals surface area contributed by atoms with E-state index in [2.05, 4.69) is 42.0 Å². The zero-order chi connectivity index (χ0) is 14.8. The summed E-state index contributed by atoms with van der Waals surface area (Å²) in [6.45, 7) is 6.49. The van der Waals surface area contributed by atoms with Gasteiger partial charge in [-0.3, -0.25) is 4.90 Å². The molecule has 2 unspecified atom stereocenters. The first-order valence-corrected chi connectivity index (χ1v) is 8.50. The molecule has 3 nitrogen and oxygen atoms in total. The molecule has 116 valence electrons. The molecule has 21 heavy (non-hydrogen) atoms. The van der Waals surface area contributed by atoms with E-state index in [0.717, 1.165) is 26.2 Å². The highest BCUT2D eigenvalue weighted by Gasteiger charge is 2.30. The van der Waals surface area contributed by atoms with Crippen LogP contribution in [0.25, 0.3) is 0 Å². The van der Waals surface area contributed by atoms with Crippen molar-refractivity contribution < 1.29 is 0 Å². The Bertz CT molecular complexity index is 485. The molecule has 1 saturated carbocycles. The van der Waals surface area contributed by atoms with Gasteiger partial charge in [-0.15, -0.1) is 0 Å². The van der Waals surface area contributed by atoms with Crippen molar-refractivity contribution >= 4 is 5.69 Å². The molecular formula is C18H29N3. The van der Waals surface area contributed by atoms with Gasteiger partial charge in [-0.1, -0.05) is 25.5 Å². The van der Waals surface area contributed by atoms with Crippen LogP contribution < -0.4 is 10.6 Å². The number of hydrogen-bond donors (Lipinski definition) is 1. The maximum atomic E-state index is 5.97. The maximum Gasteiger partial charge on any atom is 0.0397 e. The second-order valence-electron chi connectivity index (χ2n) is 6.69. The van der Waals surface area contributed by atoms with Gasteiger partial charge in [-0.25, -0.2) is 0 Å². The van der Waals surface area contributed by atoms with Crippen LogP contribution in [0.4, 0.5) is 5.69 Å². The van der Waals surface area contributed by atoms with Crippen molar-refractivity contribution in [2.75, 3.05) is 31.6 Å². The maximum absolute atomic E-state index is 5.97. The molecule has 3 rings (SSSR count). The summed E-state index contributed by atoms with van der Waals surface area (Å²) < 4.78 is 0. The van der Waals surface area contributed by atoms with Crippen molar-refractivity contribution in [1.29, 1.82) is 0 Å². The molecule has 0 bridgehead atoms. The molecule has 1 aliphatic carbocycles. The molecule has 0 amide bonds. The number of benzene rings is 1. The topological polar surface area (TPSA) is 32.5 Å². The quantitative estimate of drug-likeness (QED) is 0.903. The Hall–Kier alpha value is -1.06. The zero-order valence-corrected chi connectivity index (χ0v) is 13.5. The number of rotatable bonds is 5. The van der Waals surface area contributed by atoms with Crippen LogP contribution in [-0.4, -0.2) is 37.6 Å². The summed E-state index contributed by atoms with van der Waals surface area (Å²) in [6.07, 6.45) is 5.18. The third-order valence-electron chi connectivity index (χ3n) is 5.45. The monoisotopic (exact) mass is 287 g/mol. The molecule has 0 aromatic heterocycles. The van der Waals surface area contributed by atoms with E-state index in [1.807, 2.05) is 0 Å². The zero-order valence-electron chi connectivity index (χ0n) is 13.5. The van der Waals surface area contributed by atoms with Gasteiger partial charge in [0.2, 0.25) is 0 Å². The van der Waals surface area contributed by atoms with Crippen molar-refractivity contribution in [1.82, 2.24) is 4.90 Å². The molecule has 0 spiro atoms. The lowest BCUT2D eigenvalue weighted by atomic mass is 10.0. The summed E-state index contributed by atoms with van der Waals surface area (Å²) in [4.78, 5) is 5.00. The Labute approximate surface area is 129 Å². The van der Waals surface area contributed by atoms with Crippen molar-refractivity contribution in [3.63, 3.8) is 0 Å². The number of hydrogen-bond acceptors (Lipinski definition) is 3. The summed E-state index contributed by atoms with van der Waals surface area (Å²) in [6, 6.07) is 7.74. The minimum absolute atomic E-state index is 0.691. The van der Waals surface area contributed by atoms with Crippen LogP contribution in [-0.2, 0) is 13.0 Å². The Morgan fingerprint density at radius 1 is 1.33 bits per heavy atom. The van der Waals surface area contributed by atoms with Crippen molar-refractivity contribution in [3.8, 4) is 0 Å². The average molecular weight is 287 g/mol. The Kier molecular flexibility index (Phi) is 4.51. The summed E-state index contributed by atoms with van der Waals surface area (Å²) >= 11 is 0. The van der Waals surface area contributed by atoms with Crippen LogP contribution in [0.1, 0.15) is 37.3 Å². The molecule has 1 heterocycles. The van der Waals surface area contributed by atoms with E-state index in [9.17, 15) is 0 Å². The number of nitrogens with zero attached hydrogens (tertiary/aromatic N) is 2. The van der Waals surface area contributed by atoms with Crippen molar-refractivity contribution in [3.05, 3.63) is 29.3 Å².